The molecule has 1 saturated heterocycles. The highest BCUT2D eigenvalue weighted by Gasteiger charge is 2.35. The topological polar surface area (TPSA) is 117 Å². The van der Waals surface area contributed by atoms with Crippen LogP contribution >= 0.6 is 0 Å². The fourth-order valence-corrected chi connectivity index (χ4v) is 2.94. The largest absolute Gasteiger partial charge is 0.447 e. The molecular weight excluding hydrogens is 369 g/mol. The summed E-state index contributed by atoms with van der Waals surface area (Å²) in [5.41, 5.74) is 11.0. The number of halogens is 1. The van der Waals surface area contributed by atoms with Crippen LogP contribution in [-0.2, 0) is 20.6 Å². The molecule has 9 heteroatoms. The number of primary amides is 1. The smallest absolute Gasteiger partial charge is 0.410 e. The third-order valence-corrected chi connectivity index (χ3v) is 4.28. The minimum absolute atomic E-state index is 0.0957. The number of hydrogen-bond donors (Lipinski definition) is 2. The second kappa shape index (κ2) is 9.09. The van der Waals surface area contributed by atoms with Crippen molar-refractivity contribution in [1.82, 2.24) is 4.90 Å². The van der Waals surface area contributed by atoms with Gasteiger partial charge in [-0.25, -0.2) is 14.0 Å². The molecule has 0 saturated carbocycles. The monoisotopic (exact) mass is 397 g/mol. The standard InChI is InChI=1S/C19H28FN3O5/c1-19(2,3)28-18(25)23-9-13(26-10-12(23)11-27-17(22)24)7-8-14-15(20)5-4-6-16(14)21/h4-6,12-13H,7-11,21H2,1-3H3,(H2,22,24)/t12-,13+/m0/s1. The minimum atomic E-state index is -0.929. The van der Waals surface area contributed by atoms with E-state index >= 15 is 0 Å². The number of nitrogen functional groups attached to an aromatic ring is 1. The lowest BCUT2D eigenvalue weighted by atomic mass is 10.0. The summed E-state index contributed by atoms with van der Waals surface area (Å²) in [5.74, 6) is -0.368. The molecule has 2 atom stereocenters. The fraction of sp³-hybridized carbons (Fsp3) is 0.579. The summed E-state index contributed by atoms with van der Waals surface area (Å²) in [7, 11) is 0. The molecule has 0 radical (unpaired) electrons. The molecule has 1 fully saturated rings. The number of nitrogens with zero attached hydrogens (tertiary/aromatic N) is 1. The number of nitrogens with two attached hydrogens (primary N) is 2. The van der Waals surface area contributed by atoms with Gasteiger partial charge >= 0.3 is 12.2 Å². The van der Waals surface area contributed by atoms with Crippen LogP contribution in [0.1, 0.15) is 32.8 Å². The molecular formula is C19H28FN3O5. The number of hydrogen-bond acceptors (Lipinski definition) is 6. The van der Waals surface area contributed by atoms with Crippen molar-refractivity contribution < 1.29 is 28.2 Å². The third kappa shape index (κ3) is 6.26. The van der Waals surface area contributed by atoms with Gasteiger partial charge in [0.25, 0.3) is 0 Å². The molecule has 1 aromatic carbocycles. The van der Waals surface area contributed by atoms with Crippen molar-refractivity contribution >= 4 is 17.9 Å². The molecule has 4 N–H and O–H groups in total. The Hall–Kier alpha value is -2.55. The van der Waals surface area contributed by atoms with Crippen LogP contribution in [0.25, 0.3) is 0 Å². The molecule has 1 aliphatic heterocycles. The van der Waals surface area contributed by atoms with E-state index in [2.05, 4.69) is 0 Å². The molecule has 0 spiro atoms. The van der Waals surface area contributed by atoms with Crippen molar-refractivity contribution in [3.63, 3.8) is 0 Å². The lowest BCUT2D eigenvalue weighted by molar-refractivity contribution is -0.0826. The Kier molecular flexibility index (Phi) is 7.06. The highest BCUT2D eigenvalue weighted by Crippen LogP contribution is 2.23. The molecule has 1 heterocycles. The third-order valence-electron chi connectivity index (χ3n) is 4.28. The first-order chi connectivity index (χ1) is 13.1. The van der Waals surface area contributed by atoms with Crippen LogP contribution < -0.4 is 11.5 Å². The maximum absolute atomic E-state index is 14.0. The van der Waals surface area contributed by atoms with Gasteiger partial charge in [0.15, 0.2) is 0 Å². The number of rotatable bonds is 5. The van der Waals surface area contributed by atoms with Gasteiger partial charge in [-0.15, -0.1) is 0 Å². The van der Waals surface area contributed by atoms with Crippen LogP contribution in [0, 0.1) is 5.82 Å². The minimum Gasteiger partial charge on any atom is -0.447 e. The Labute approximate surface area is 163 Å². The summed E-state index contributed by atoms with van der Waals surface area (Å²) in [6, 6.07) is 4.04. The van der Waals surface area contributed by atoms with Gasteiger partial charge < -0.3 is 25.7 Å². The van der Waals surface area contributed by atoms with Gasteiger partial charge in [-0.3, -0.25) is 4.90 Å². The maximum atomic E-state index is 14.0. The van der Waals surface area contributed by atoms with E-state index in [9.17, 15) is 14.0 Å². The van der Waals surface area contributed by atoms with E-state index < -0.39 is 23.8 Å². The quantitative estimate of drug-likeness (QED) is 0.737. The van der Waals surface area contributed by atoms with Gasteiger partial charge in [0.1, 0.15) is 18.0 Å². The van der Waals surface area contributed by atoms with E-state index in [1.165, 1.54) is 11.0 Å². The van der Waals surface area contributed by atoms with Crippen LogP contribution in [-0.4, -0.2) is 54.6 Å². The average molecular weight is 397 g/mol. The van der Waals surface area contributed by atoms with Gasteiger partial charge in [0.05, 0.1) is 25.3 Å². The molecule has 2 amide bonds. The summed E-state index contributed by atoms with van der Waals surface area (Å²) in [6.45, 7) is 5.55. The number of anilines is 1. The van der Waals surface area contributed by atoms with Gasteiger partial charge in [0, 0.05) is 11.3 Å². The highest BCUT2D eigenvalue weighted by atomic mass is 19.1. The second-order valence-electron chi connectivity index (χ2n) is 7.72. The second-order valence-corrected chi connectivity index (χ2v) is 7.72. The molecule has 0 aromatic heterocycles. The van der Waals surface area contributed by atoms with Crippen LogP contribution in [0.2, 0.25) is 0 Å². The molecule has 1 aliphatic rings. The Balaban J connectivity index is 2.04. The number of carbonyl (C=O) groups is 2. The average Bonchev–Trinajstić information content (AvgIpc) is 2.58. The number of ether oxygens (including phenoxy) is 3. The Morgan fingerprint density at radius 1 is 1.36 bits per heavy atom. The number of benzene rings is 1. The fourth-order valence-electron chi connectivity index (χ4n) is 2.94. The Bertz CT molecular complexity index is 687. The van der Waals surface area contributed by atoms with E-state index in [1.54, 1.807) is 32.9 Å². The first kappa shape index (κ1) is 21.7. The molecule has 156 valence electrons. The molecule has 28 heavy (non-hydrogen) atoms. The SMILES string of the molecule is CC(C)(C)OC(=O)N1C[C@@H](CCc2c(N)cccc2F)OC[C@H]1COC(N)=O. The molecule has 0 unspecified atom stereocenters. The summed E-state index contributed by atoms with van der Waals surface area (Å²) in [6.07, 6.45) is -0.969. The van der Waals surface area contributed by atoms with Crippen LogP contribution in [0.3, 0.4) is 0 Å². The lowest BCUT2D eigenvalue weighted by Gasteiger charge is -2.39. The molecule has 2 rings (SSSR count). The van der Waals surface area contributed by atoms with Gasteiger partial charge in [-0.05, 0) is 45.7 Å². The van der Waals surface area contributed by atoms with Crippen molar-refractivity contribution in [2.24, 2.45) is 5.73 Å². The Morgan fingerprint density at radius 2 is 2.07 bits per heavy atom. The zero-order valence-electron chi connectivity index (χ0n) is 16.4. The van der Waals surface area contributed by atoms with E-state index in [4.69, 9.17) is 25.7 Å². The summed E-state index contributed by atoms with van der Waals surface area (Å²) in [5, 5.41) is 0. The zero-order valence-corrected chi connectivity index (χ0v) is 16.4. The molecule has 1 aromatic rings. The molecule has 0 bridgehead atoms. The van der Waals surface area contributed by atoms with Gasteiger partial charge in [-0.1, -0.05) is 6.07 Å². The summed E-state index contributed by atoms with van der Waals surface area (Å²) >= 11 is 0. The van der Waals surface area contributed by atoms with Gasteiger partial charge in [0.2, 0.25) is 0 Å². The van der Waals surface area contributed by atoms with Crippen molar-refractivity contribution in [2.45, 2.75) is 51.4 Å². The van der Waals surface area contributed by atoms with Crippen molar-refractivity contribution in [2.75, 3.05) is 25.5 Å². The Morgan fingerprint density at radius 3 is 2.68 bits per heavy atom. The normalized spacial score (nSPS) is 19.9. The van der Waals surface area contributed by atoms with Crippen LogP contribution in [0.4, 0.5) is 19.7 Å². The number of amides is 2. The van der Waals surface area contributed by atoms with Crippen molar-refractivity contribution in [3.8, 4) is 0 Å². The first-order valence-corrected chi connectivity index (χ1v) is 9.13. The number of morpholine rings is 1. The molecule has 0 aliphatic carbocycles. The van der Waals surface area contributed by atoms with E-state index in [0.717, 1.165) is 0 Å². The first-order valence-electron chi connectivity index (χ1n) is 9.13. The highest BCUT2D eigenvalue weighted by molar-refractivity contribution is 5.69. The maximum Gasteiger partial charge on any atom is 0.410 e. The summed E-state index contributed by atoms with van der Waals surface area (Å²) < 4.78 is 30.0. The van der Waals surface area contributed by atoms with Gasteiger partial charge in [-0.2, -0.15) is 0 Å². The van der Waals surface area contributed by atoms with Crippen molar-refractivity contribution in [3.05, 3.63) is 29.6 Å². The van der Waals surface area contributed by atoms with Crippen molar-refractivity contribution in [1.29, 1.82) is 0 Å². The van der Waals surface area contributed by atoms with Crippen LogP contribution in [0.15, 0.2) is 18.2 Å². The van der Waals surface area contributed by atoms with E-state index in [-0.39, 0.29) is 31.7 Å². The molecule has 8 nitrogen and oxygen atoms in total. The van der Waals surface area contributed by atoms with E-state index in [0.29, 0.717) is 24.1 Å². The predicted molar refractivity (Wildman–Crippen MR) is 101 cm³/mol. The zero-order chi connectivity index (χ0) is 20.9. The lowest BCUT2D eigenvalue weighted by Crippen LogP contribution is -2.55. The summed E-state index contributed by atoms with van der Waals surface area (Å²) in [4.78, 5) is 25.0. The number of carbonyl (C=O) groups excluding carboxylic acids is 2. The van der Waals surface area contributed by atoms with E-state index in [1.807, 2.05) is 0 Å². The predicted octanol–water partition coefficient (Wildman–Crippen LogP) is 2.44. The van der Waals surface area contributed by atoms with Crippen LogP contribution in [0.5, 0.6) is 0 Å².